The molecule has 1 aliphatic rings. The molecule has 2 atom stereocenters. The summed E-state index contributed by atoms with van der Waals surface area (Å²) >= 11 is 0. The number of alkyl halides is 2. The Hall–Kier alpha value is -1.95. The monoisotopic (exact) mass is 310 g/mol. The van der Waals surface area contributed by atoms with Gasteiger partial charge in [0.15, 0.2) is 0 Å². The normalized spacial score (nSPS) is 24.4. The molecule has 0 bridgehead atoms. The van der Waals surface area contributed by atoms with E-state index in [4.69, 9.17) is 5.73 Å². The maximum atomic E-state index is 14.9. The molecule has 2 aromatic rings. The summed E-state index contributed by atoms with van der Waals surface area (Å²) in [6.45, 7) is 1.73. The highest BCUT2D eigenvalue weighted by Crippen LogP contribution is 2.61. The van der Waals surface area contributed by atoms with Gasteiger partial charge in [-0.25, -0.2) is 8.78 Å². The van der Waals surface area contributed by atoms with Crippen LogP contribution in [0.3, 0.4) is 0 Å². The molecule has 1 aliphatic carbocycles. The van der Waals surface area contributed by atoms with Crippen molar-refractivity contribution in [1.82, 2.24) is 4.98 Å². The van der Waals surface area contributed by atoms with E-state index in [9.17, 15) is 17.6 Å². The van der Waals surface area contributed by atoms with Crippen LogP contribution in [0.2, 0.25) is 0 Å². The number of pyridine rings is 1. The van der Waals surface area contributed by atoms with Crippen LogP contribution >= 0.6 is 0 Å². The minimum Gasteiger partial charge on any atom is -0.327 e. The van der Waals surface area contributed by atoms with Gasteiger partial charge in [0.05, 0.1) is 5.41 Å². The molecular weight excluding hydrogens is 296 g/mol. The number of hydrogen-bond donors (Lipinski definition) is 1. The largest absolute Gasteiger partial charge is 0.327 e. The van der Waals surface area contributed by atoms with Crippen molar-refractivity contribution in [2.24, 2.45) is 5.73 Å². The number of benzene rings is 1. The van der Waals surface area contributed by atoms with Crippen LogP contribution in [0.5, 0.6) is 0 Å². The predicted molar refractivity (Wildman–Crippen MR) is 73.5 cm³/mol. The van der Waals surface area contributed by atoms with Crippen LogP contribution in [0, 0.1) is 18.6 Å². The highest BCUT2D eigenvalue weighted by atomic mass is 19.3. The molecule has 22 heavy (non-hydrogen) atoms. The van der Waals surface area contributed by atoms with E-state index < -0.39 is 34.7 Å². The topological polar surface area (TPSA) is 38.9 Å². The first-order valence-corrected chi connectivity index (χ1v) is 6.81. The molecule has 1 unspecified atom stereocenters. The molecule has 0 amide bonds. The van der Waals surface area contributed by atoms with E-state index >= 15 is 0 Å². The third-order valence-electron chi connectivity index (χ3n) is 4.22. The Morgan fingerprint density at radius 1 is 1.23 bits per heavy atom. The smallest absolute Gasteiger partial charge is 0.300 e. The molecule has 0 radical (unpaired) electrons. The third-order valence-corrected chi connectivity index (χ3v) is 4.22. The first-order valence-electron chi connectivity index (χ1n) is 6.81. The van der Waals surface area contributed by atoms with Gasteiger partial charge in [0.25, 0.3) is 0 Å². The molecule has 0 spiro atoms. The van der Waals surface area contributed by atoms with E-state index in [2.05, 4.69) is 4.98 Å². The molecule has 6 heteroatoms. The molecule has 3 rings (SSSR count). The summed E-state index contributed by atoms with van der Waals surface area (Å²) in [5, 5.41) is 0. The van der Waals surface area contributed by atoms with Crippen LogP contribution in [0.15, 0.2) is 36.5 Å². The second-order valence-corrected chi connectivity index (χ2v) is 5.70. The number of aryl methyl sites for hydroxylation is 1. The molecule has 1 aromatic carbocycles. The van der Waals surface area contributed by atoms with Gasteiger partial charge in [-0.2, -0.15) is 8.78 Å². The average molecular weight is 310 g/mol. The molecule has 1 aromatic heterocycles. The zero-order valence-electron chi connectivity index (χ0n) is 11.8. The van der Waals surface area contributed by atoms with E-state index in [1.807, 2.05) is 0 Å². The molecule has 2 nitrogen and oxygen atoms in total. The minimum atomic E-state index is -3.45. The van der Waals surface area contributed by atoms with Gasteiger partial charge in [-0.1, -0.05) is 12.1 Å². The van der Waals surface area contributed by atoms with E-state index in [-0.39, 0.29) is 12.0 Å². The Balaban J connectivity index is 2.11. The van der Waals surface area contributed by atoms with Crippen LogP contribution in [0.1, 0.15) is 23.2 Å². The van der Waals surface area contributed by atoms with Gasteiger partial charge in [-0.3, -0.25) is 4.98 Å². The summed E-state index contributed by atoms with van der Waals surface area (Å²) in [4.78, 5) is 3.76. The summed E-state index contributed by atoms with van der Waals surface area (Å²) in [6, 6.07) is 4.41. The van der Waals surface area contributed by atoms with Crippen molar-refractivity contribution in [2.45, 2.75) is 30.7 Å². The molecule has 1 fully saturated rings. The fraction of sp³-hybridized carbons (Fsp3) is 0.312. The fourth-order valence-electron chi connectivity index (χ4n) is 2.86. The van der Waals surface area contributed by atoms with Crippen molar-refractivity contribution < 1.29 is 17.6 Å². The van der Waals surface area contributed by atoms with Crippen molar-refractivity contribution in [3.8, 4) is 0 Å². The predicted octanol–water partition coefficient (Wildman–Crippen LogP) is 3.43. The molecule has 0 saturated heterocycles. The van der Waals surface area contributed by atoms with Gasteiger partial charge < -0.3 is 5.73 Å². The minimum absolute atomic E-state index is 0.0852. The van der Waals surface area contributed by atoms with Gasteiger partial charge in [-0.15, -0.1) is 0 Å². The third kappa shape index (κ3) is 2.01. The first kappa shape index (κ1) is 15.0. The Bertz CT molecular complexity index is 715. The highest BCUT2D eigenvalue weighted by Gasteiger charge is 2.71. The maximum absolute atomic E-state index is 14.9. The average Bonchev–Trinajstić information content (AvgIpc) is 3.12. The SMILES string of the molecule is Cc1ccc(C(F)(F)C2(c3ccc(F)cc3F)C[C@@H]2N)nc1. The molecule has 1 heterocycles. The van der Waals surface area contributed by atoms with E-state index in [1.165, 1.54) is 18.3 Å². The zero-order valence-corrected chi connectivity index (χ0v) is 11.8. The van der Waals surface area contributed by atoms with Gasteiger partial charge in [-0.05, 0) is 31.0 Å². The van der Waals surface area contributed by atoms with E-state index in [0.29, 0.717) is 6.07 Å². The van der Waals surface area contributed by atoms with Crippen molar-refractivity contribution >= 4 is 0 Å². The van der Waals surface area contributed by atoms with Crippen LogP contribution in [0.4, 0.5) is 17.6 Å². The van der Waals surface area contributed by atoms with E-state index in [1.54, 1.807) is 6.92 Å². The maximum Gasteiger partial charge on any atom is 0.300 e. The number of hydrogen-bond acceptors (Lipinski definition) is 2. The van der Waals surface area contributed by atoms with Crippen molar-refractivity contribution in [1.29, 1.82) is 0 Å². The number of aromatic nitrogens is 1. The van der Waals surface area contributed by atoms with Gasteiger partial charge >= 0.3 is 5.92 Å². The fourth-order valence-corrected chi connectivity index (χ4v) is 2.86. The second kappa shape index (κ2) is 4.78. The number of nitrogens with zero attached hydrogens (tertiary/aromatic N) is 1. The Morgan fingerprint density at radius 3 is 2.41 bits per heavy atom. The number of nitrogens with two attached hydrogens (primary N) is 1. The summed E-state index contributed by atoms with van der Waals surface area (Å²) in [6.07, 6.45) is 1.24. The summed E-state index contributed by atoms with van der Waals surface area (Å²) < 4.78 is 56.9. The van der Waals surface area contributed by atoms with Crippen molar-refractivity contribution in [3.05, 3.63) is 65.0 Å². The lowest BCUT2D eigenvalue weighted by Crippen LogP contribution is -2.38. The zero-order chi connectivity index (χ0) is 16.1. The standard InChI is InChI=1S/C16H14F4N2/c1-9-2-5-14(22-8-9)16(19,20)15(7-13(15)21)11-4-3-10(17)6-12(11)18/h2-6,8,13H,7,21H2,1H3/t13-,15?/m0/s1. The van der Waals surface area contributed by atoms with Crippen LogP contribution in [0.25, 0.3) is 0 Å². The molecular formula is C16H14F4N2. The Morgan fingerprint density at radius 2 is 1.91 bits per heavy atom. The molecule has 0 aliphatic heterocycles. The first-order chi connectivity index (χ1) is 10.3. The quantitative estimate of drug-likeness (QED) is 0.882. The number of rotatable bonds is 3. The Labute approximate surface area is 125 Å². The lowest BCUT2D eigenvalue weighted by Gasteiger charge is -2.28. The molecule has 2 N–H and O–H groups in total. The summed E-state index contributed by atoms with van der Waals surface area (Å²) in [7, 11) is 0. The lowest BCUT2D eigenvalue weighted by molar-refractivity contribution is -0.0534. The molecule has 1 saturated carbocycles. The van der Waals surface area contributed by atoms with E-state index in [0.717, 1.165) is 17.7 Å². The van der Waals surface area contributed by atoms with Crippen LogP contribution in [-0.2, 0) is 11.3 Å². The van der Waals surface area contributed by atoms with Crippen molar-refractivity contribution in [3.63, 3.8) is 0 Å². The summed E-state index contributed by atoms with van der Waals surface area (Å²) in [5.74, 6) is -5.28. The van der Waals surface area contributed by atoms with Crippen LogP contribution in [-0.4, -0.2) is 11.0 Å². The van der Waals surface area contributed by atoms with Gasteiger partial charge in [0.2, 0.25) is 0 Å². The summed E-state index contributed by atoms with van der Waals surface area (Å²) in [5.41, 5.74) is 3.85. The molecule has 116 valence electrons. The highest BCUT2D eigenvalue weighted by molar-refractivity contribution is 5.43. The van der Waals surface area contributed by atoms with Gasteiger partial charge in [0.1, 0.15) is 17.3 Å². The van der Waals surface area contributed by atoms with Crippen LogP contribution < -0.4 is 5.73 Å². The number of halogens is 4. The van der Waals surface area contributed by atoms with Gasteiger partial charge in [0, 0.05) is 23.9 Å². The Kier molecular flexibility index (Phi) is 3.25. The second-order valence-electron chi connectivity index (χ2n) is 5.70. The lowest BCUT2D eigenvalue weighted by atomic mass is 9.85. The van der Waals surface area contributed by atoms with Crippen molar-refractivity contribution in [2.75, 3.05) is 0 Å².